The summed E-state index contributed by atoms with van der Waals surface area (Å²) in [5.41, 5.74) is 0. The quantitative estimate of drug-likeness (QED) is 0.729. The van der Waals surface area contributed by atoms with Crippen molar-refractivity contribution in [3.63, 3.8) is 0 Å². The first-order valence-corrected chi connectivity index (χ1v) is 9.10. The Balaban J connectivity index is 0.00000324. The van der Waals surface area contributed by atoms with Gasteiger partial charge in [-0.1, -0.05) is 6.92 Å². The molecule has 1 aliphatic heterocycles. The van der Waals surface area contributed by atoms with Crippen molar-refractivity contribution >= 4 is 41.8 Å². The van der Waals surface area contributed by atoms with E-state index in [1.807, 2.05) is 35.5 Å². The Labute approximate surface area is 132 Å². The van der Waals surface area contributed by atoms with E-state index < -0.39 is 0 Å². The summed E-state index contributed by atoms with van der Waals surface area (Å²) in [6.45, 7) is 5.36. The minimum Gasteiger partial charge on any atom is -0.343 e. The summed E-state index contributed by atoms with van der Waals surface area (Å²) in [7, 11) is 1.94. The Bertz CT molecular complexity index is 251. The van der Waals surface area contributed by atoms with Gasteiger partial charge in [0.25, 0.3) is 0 Å². The molecule has 1 aliphatic rings. The maximum absolute atomic E-state index is 12.2. The number of halogens is 1. The van der Waals surface area contributed by atoms with Gasteiger partial charge in [-0.25, -0.2) is 0 Å². The van der Waals surface area contributed by atoms with Crippen LogP contribution in [0.4, 0.5) is 0 Å². The highest BCUT2D eigenvalue weighted by molar-refractivity contribution is 7.99. The van der Waals surface area contributed by atoms with Crippen molar-refractivity contribution in [1.82, 2.24) is 10.2 Å². The van der Waals surface area contributed by atoms with Gasteiger partial charge in [0.15, 0.2) is 0 Å². The lowest BCUT2D eigenvalue weighted by molar-refractivity contribution is -0.132. The number of thioether (sulfide) groups is 2. The van der Waals surface area contributed by atoms with Gasteiger partial charge in [-0.05, 0) is 24.9 Å². The monoisotopic (exact) mass is 326 g/mol. The zero-order valence-electron chi connectivity index (χ0n) is 12.2. The normalized spacial score (nSPS) is 20.5. The third-order valence-corrected chi connectivity index (χ3v) is 5.42. The van der Waals surface area contributed by atoms with Crippen LogP contribution < -0.4 is 5.32 Å². The molecule has 0 aromatic rings. The van der Waals surface area contributed by atoms with Crippen molar-refractivity contribution in [2.75, 3.05) is 36.6 Å². The summed E-state index contributed by atoms with van der Waals surface area (Å²) in [5, 5.41) is 3.42. The molecule has 0 aromatic heterocycles. The van der Waals surface area contributed by atoms with E-state index in [4.69, 9.17) is 0 Å². The molecule has 6 heteroatoms. The second kappa shape index (κ2) is 11.1. The maximum Gasteiger partial charge on any atom is 0.224 e. The van der Waals surface area contributed by atoms with Crippen LogP contribution >= 0.6 is 35.9 Å². The lowest BCUT2D eigenvalue weighted by Crippen LogP contribution is -2.43. The van der Waals surface area contributed by atoms with Gasteiger partial charge < -0.3 is 10.2 Å². The summed E-state index contributed by atoms with van der Waals surface area (Å²) in [4.78, 5) is 14.1. The van der Waals surface area contributed by atoms with E-state index in [1.54, 1.807) is 0 Å². The van der Waals surface area contributed by atoms with Gasteiger partial charge in [0.2, 0.25) is 5.91 Å². The zero-order chi connectivity index (χ0) is 13.4. The summed E-state index contributed by atoms with van der Waals surface area (Å²) < 4.78 is 0. The Morgan fingerprint density at radius 1 is 1.58 bits per heavy atom. The molecule has 0 spiro atoms. The highest BCUT2D eigenvalue weighted by Crippen LogP contribution is 2.13. The second-order valence-electron chi connectivity index (χ2n) is 4.77. The molecule has 2 atom stereocenters. The third-order valence-electron chi connectivity index (χ3n) is 3.36. The molecule has 0 saturated carbocycles. The molecule has 1 fully saturated rings. The molecule has 1 heterocycles. The van der Waals surface area contributed by atoms with Gasteiger partial charge in [0.1, 0.15) is 0 Å². The SMILES string of the molecule is CCSCCC(C)N(C)C(=O)CC1CSCCN1.Cl. The van der Waals surface area contributed by atoms with E-state index >= 15 is 0 Å². The van der Waals surface area contributed by atoms with E-state index in [2.05, 4.69) is 19.2 Å². The molecule has 1 N–H and O–H groups in total. The highest BCUT2D eigenvalue weighted by Gasteiger charge is 2.21. The minimum absolute atomic E-state index is 0. The first kappa shape index (κ1) is 19.4. The van der Waals surface area contributed by atoms with E-state index in [-0.39, 0.29) is 18.3 Å². The summed E-state index contributed by atoms with van der Waals surface area (Å²) in [6.07, 6.45) is 1.74. The van der Waals surface area contributed by atoms with Crippen molar-refractivity contribution in [2.45, 2.75) is 38.8 Å². The summed E-state index contributed by atoms with van der Waals surface area (Å²) >= 11 is 3.89. The molecule has 114 valence electrons. The number of carbonyl (C=O) groups is 1. The zero-order valence-corrected chi connectivity index (χ0v) is 14.6. The first-order chi connectivity index (χ1) is 8.65. The average Bonchev–Trinajstić information content (AvgIpc) is 2.39. The predicted molar refractivity (Wildman–Crippen MR) is 90.8 cm³/mol. The predicted octanol–water partition coefficient (Wildman–Crippen LogP) is 2.49. The van der Waals surface area contributed by atoms with Crippen LogP contribution in [0.5, 0.6) is 0 Å². The highest BCUT2D eigenvalue weighted by atomic mass is 35.5. The van der Waals surface area contributed by atoms with Crippen LogP contribution in [0.15, 0.2) is 0 Å². The van der Waals surface area contributed by atoms with Crippen molar-refractivity contribution in [3.05, 3.63) is 0 Å². The number of nitrogens with zero attached hydrogens (tertiary/aromatic N) is 1. The largest absolute Gasteiger partial charge is 0.343 e. The Hall–Kier alpha value is 0.420. The van der Waals surface area contributed by atoms with Gasteiger partial charge >= 0.3 is 0 Å². The summed E-state index contributed by atoms with van der Waals surface area (Å²) in [6, 6.07) is 0.726. The fraction of sp³-hybridized carbons (Fsp3) is 0.923. The van der Waals surface area contributed by atoms with Crippen molar-refractivity contribution in [1.29, 1.82) is 0 Å². The molecule has 0 aliphatic carbocycles. The second-order valence-corrected chi connectivity index (χ2v) is 7.31. The van der Waals surface area contributed by atoms with Crippen LogP contribution in [0.25, 0.3) is 0 Å². The van der Waals surface area contributed by atoms with Crippen molar-refractivity contribution in [3.8, 4) is 0 Å². The fourth-order valence-electron chi connectivity index (χ4n) is 1.94. The van der Waals surface area contributed by atoms with Gasteiger partial charge in [-0.15, -0.1) is 12.4 Å². The smallest absolute Gasteiger partial charge is 0.224 e. The number of nitrogens with one attached hydrogen (secondary N) is 1. The van der Waals surface area contributed by atoms with Gasteiger partial charge in [-0.2, -0.15) is 23.5 Å². The first-order valence-electron chi connectivity index (χ1n) is 6.79. The lowest BCUT2D eigenvalue weighted by atomic mass is 10.1. The number of rotatable bonds is 7. The lowest BCUT2D eigenvalue weighted by Gasteiger charge is -2.28. The van der Waals surface area contributed by atoms with Crippen molar-refractivity contribution in [2.24, 2.45) is 0 Å². The molecule has 1 saturated heterocycles. The Morgan fingerprint density at radius 3 is 2.89 bits per heavy atom. The molecule has 3 nitrogen and oxygen atoms in total. The standard InChI is InChI=1S/C13H26N2OS2.ClH/c1-4-17-7-5-11(2)15(3)13(16)9-12-10-18-8-6-14-12;/h11-12,14H,4-10H2,1-3H3;1H. The molecular weight excluding hydrogens is 300 g/mol. The van der Waals surface area contributed by atoms with Crippen LogP contribution in [0.1, 0.15) is 26.7 Å². The van der Waals surface area contributed by atoms with E-state index in [1.165, 1.54) is 5.75 Å². The van der Waals surface area contributed by atoms with Crippen LogP contribution in [0.3, 0.4) is 0 Å². The molecule has 0 bridgehead atoms. The number of hydrogen-bond donors (Lipinski definition) is 1. The topological polar surface area (TPSA) is 32.3 Å². The van der Waals surface area contributed by atoms with E-state index in [0.717, 1.165) is 30.2 Å². The fourth-order valence-corrected chi connectivity index (χ4v) is 3.69. The molecule has 0 radical (unpaired) electrons. The minimum atomic E-state index is 0. The molecule has 1 amide bonds. The van der Waals surface area contributed by atoms with Crippen molar-refractivity contribution < 1.29 is 4.79 Å². The molecule has 19 heavy (non-hydrogen) atoms. The van der Waals surface area contributed by atoms with Crippen LogP contribution in [0.2, 0.25) is 0 Å². The molecule has 2 unspecified atom stereocenters. The number of carbonyl (C=O) groups excluding carboxylic acids is 1. The maximum atomic E-state index is 12.2. The van der Waals surface area contributed by atoms with Crippen LogP contribution in [-0.2, 0) is 4.79 Å². The van der Waals surface area contributed by atoms with E-state index in [9.17, 15) is 4.79 Å². The van der Waals surface area contributed by atoms with Gasteiger partial charge in [-0.3, -0.25) is 4.79 Å². The van der Waals surface area contributed by atoms with E-state index in [0.29, 0.717) is 18.5 Å². The Kier molecular flexibility index (Phi) is 11.4. The Morgan fingerprint density at radius 2 is 2.32 bits per heavy atom. The number of amides is 1. The average molecular weight is 327 g/mol. The summed E-state index contributed by atoms with van der Waals surface area (Å²) in [5.74, 6) is 4.83. The van der Waals surface area contributed by atoms with Crippen LogP contribution in [0, 0.1) is 0 Å². The molecule has 0 aromatic carbocycles. The van der Waals surface area contributed by atoms with Crippen LogP contribution in [-0.4, -0.2) is 59.5 Å². The molecule has 1 rings (SSSR count). The molecular formula is C13H27ClN2OS2. The van der Waals surface area contributed by atoms with Gasteiger partial charge in [0, 0.05) is 43.6 Å². The number of hydrogen-bond acceptors (Lipinski definition) is 4. The third kappa shape index (κ3) is 7.69. The van der Waals surface area contributed by atoms with Gasteiger partial charge in [0.05, 0.1) is 0 Å².